The number of benzene rings is 2. The first-order chi connectivity index (χ1) is 14.0. The van der Waals surface area contributed by atoms with E-state index in [4.69, 9.17) is 11.3 Å². The Morgan fingerprint density at radius 2 is 2.07 bits per heavy atom. The van der Waals surface area contributed by atoms with Gasteiger partial charge in [0.2, 0.25) is 5.91 Å². The number of aromatic hydroxyl groups is 1. The average molecular weight is 388 g/mol. The standard InChI is InChI=1S/C19H16N8O2/c1-27-16(19-23-13-7-6-12(18(20)29)8-14(13)24-19)17(28)15(25-27)11-4-2-10(3-5-11)9-22-26-21/h2-8,28H,9H2,1H3,(H2,20,29)(H,23,24). The molecule has 4 aromatic rings. The number of hydrogen-bond acceptors (Lipinski definition) is 5. The van der Waals surface area contributed by atoms with E-state index in [9.17, 15) is 9.90 Å². The third-order valence-electron chi connectivity index (χ3n) is 4.56. The van der Waals surface area contributed by atoms with Crippen LogP contribution >= 0.6 is 0 Å². The molecule has 0 aliphatic carbocycles. The number of carbonyl (C=O) groups is 1. The minimum absolute atomic E-state index is 0.0236. The summed E-state index contributed by atoms with van der Waals surface area (Å²) in [4.78, 5) is 21.7. The van der Waals surface area contributed by atoms with Crippen LogP contribution in [0.25, 0.3) is 44.3 Å². The number of azide groups is 1. The number of rotatable bonds is 5. The Morgan fingerprint density at radius 1 is 1.31 bits per heavy atom. The fraction of sp³-hybridized carbons (Fsp3) is 0.105. The summed E-state index contributed by atoms with van der Waals surface area (Å²) in [7, 11) is 1.70. The highest BCUT2D eigenvalue weighted by molar-refractivity contribution is 5.96. The van der Waals surface area contributed by atoms with Crippen LogP contribution in [0.1, 0.15) is 15.9 Å². The van der Waals surface area contributed by atoms with E-state index >= 15 is 0 Å². The van der Waals surface area contributed by atoms with Gasteiger partial charge in [0.15, 0.2) is 11.6 Å². The first-order valence-electron chi connectivity index (χ1n) is 8.64. The van der Waals surface area contributed by atoms with Gasteiger partial charge in [-0.05, 0) is 29.3 Å². The van der Waals surface area contributed by atoms with Gasteiger partial charge in [-0.3, -0.25) is 9.48 Å². The first kappa shape index (κ1) is 18.1. The summed E-state index contributed by atoms with van der Waals surface area (Å²) in [6.07, 6.45) is 0. The third kappa shape index (κ3) is 3.24. The molecule has 4 rings (SSSR count). The minimum atomic E-state index is -0.530. The SMILES string of the molecule is Cn1nc(-c2ccc(CN=[N+]=[N-])cc2)c(O)c1-c1nc2ccc(C(N)=O)cc2[nH]1. The molecule has 10 nitrogen and oxygen atoms in total. The number of H-pyrrole nitrogens is 1. The van der Waals surface area contributed by atoms with Gasteiger partial charge in [0, 0.05) is 23.1 Å². The summed E-state index contributed by atoms with van der Waals surface area (Å²) in [5.41, 5.74) is 17.7. The molecule has 0 fully saturated rings. The van der Waals surface area contributed by atoms with E-state index in [-0.39, 0.29) is 12.3 Å². The molecule has 0 radical (unpaired) electrons. The van der Waals surface area contributed by atoms with Crippen molar-refractivity contribution < 1.29 is 9.90 Å². The van der Waals surface area contributed by atoms with Gasteiger partial charge in [-0.2, -0.15) is 5.10 Å². The molecular weight excluding hydrogens is 372 g/mol. The molecule has 0 saturated carbocycles. The molecule has 10 heteroatoms. The Morgan fingerprint density at radius 3 is 2.76 bits per heavy atom. The normalized spacial score (nSPS) is 10.8. The summed E-state index contributed by atoms with van der Waals surface area (Å²) in [6.45, 7) is 0.252. The number of fused-ring (bicyclic) bond motifs is 1. The van der Waals surface area contributed by atoms with Crippen LogP contribution in [0.2, 0.25) is 0 Å². The van der Waals surface area contributed by atoms with E-state index in [2.05, 4.69) is 25.1 Å². The van der Waals surface area contributed by atoms with Crippen molar-refractivity contribution in [1.82, 2.24) is 19.7 Å². The van der Waals surface area contributed by atoms with Crippen LogP contribution in [0.5, 0.6) is 5.75 Å². The van der Waals surface area contributed by atoms with Crippen LogP contribution in [-0.4, -0.2) is 30.8 Å². The summed E-state index contributed by atoms with van der Waals surface area (Å²) >= 11 is 0. The molecule has 0 unspecified atom stereocenters. The van der Waals surface area contributed by atoms with Crippen LogP contribution in [0.15, 0.2) is 47.6 Å². The van der Waals surface area contributed by atoms with Gasteiger partial charge >= 0.3 is 0 Å². The van der Waals surface area contributed by atoms with Crippen molar-refractivity contribution in [3.05, 3.63) is 64.0 Å². The van der Waals surface area contributed by atoms with E-state index in [1.807, 2.05) is 12.1 Å². The zero-order chi connectivity index (χ0) is 20.5. The molecule has 0 aliphatic rings. The van der Waals surface area contributed by atoms with Crippen molar-refractivity contribution in [1.29, 1.82) is 0 Å². The van der Waals surface area contributed by atoms with Crippen LogP contribution in [-0.2, 0) is 13.6 Å². The Bertz CT molecular complexity index is 1280. The Labute approximate surface area is 164 Å². The lowest BCUT2D eigenvalue weighted by Crippen LogP contribution is -2.10. The largest absolute Gasteiger partial charge is 0.504 e. The van der Waals surface area contributed by atoms with Crippen molar-refractivity contribution >= 4 is 16.9 Å². The van der Waals surface area contributed by atoms with E-state index in [1.54, 1.807) is 37.4 Å². The summed E-state index contributed by atoms with van der Waals surface area (Å²) in [5, 5.41) is 18.8. The maximum absolute atomic E-state index is 11.4. The van der Waals surface area contributed by atoms with Crippen LogP contribution in [0, 0.1) is 0 Å². The molecule has 1 amide bonds. The van der Waals surface area contributed by atoms with Gasteiger partial charge in [0.1, 0.15) is 11.4 Å². The predicted molar refractivity (Wildman–Crippen MR) is 107 cm³/mol. The van der Waals surface area contributed by atoms with E-state index in [1.165, 1.54) is 4.68 Å². The first-order valence-corrected chi connectivity index (χ1v) is 8.64. The monoisotopic (exact) mass is 388 g/mol. The van der Waals surface area contributed by atoms with Crippen LogP contribution < -0.4 is 5.73 Å². The molecule has 0 saturated heterocycles. The predicted octanol–water partition coefficient (Wildman–Crippen LogP) is 3.25. The molecule has 0 bridgehead atoms. The lowest BCUT2D eigenvalue weighted by molar-refractivity contribution is 0.100. The van der Waals surface area contributed by atoms with Gasteiger partial charge in [0.25, 0.3) is 0 Å². The molecular formula is C19H16N8O2. The molecule has 144 valence electrons. The van der Waals surface area contributed by atoms with E-state index in [0.717, 1.165) is 5.56 Å². The number of imidazole rings is 1. The lowest BCUT2D eigenvalue weighted by atomic mass is 10.1. The van der Waals surface area contributed by atoms with Gasteiger partial charge in [-0.1, -0.05) is 29.4 Å². The smallest absolute Gasteiger partial charge is 0.248 e. The van der Waals surface area contributed by atoms with Crippen LogP contribution in [0.3, 0.4) is 0 Å². The molecule has 2 heterocycles. The number of primary amides is 1. The van der Waals surface area contributed by atoms with Crippen molar-refractivity contribution in [2.24, 2.45) is 17.9 Å². The van der Waals surface area contributed by atoms with Gasteiger partial charge in [0.05, 0.1) is 17.6 Å². The second kappa shape index (κ2) is 7.02. The lowest BCUT2D eigenvalue weighted by Gasteiger charge is -2.00. The molecule has 4 N–H and O–H groups in total. The second-order valence-electron chi connectivity index (χ2n) is 6.44. The zero-order valence-electron chi connectivity index (χ0n) is 15.4. The van der Waals surface area contributed by atoms with E-state index in [0.29, 0.717) is 39.4 Å². The fourth-order valence-electron chi connectivity index (χ4n) is 3.13. The zero-order valence-corrected chi connectivity index (χ0v) is 15.4. The highest BCUT2D eigenvalue weighted by Crippen LogP contribution is 2.37. The number of amides is 1. The van der Waals surface area contributed by atoms with Gasteiger partial charge in [-0.25, -0.2) is 4.98 Å². The van der Waals surface area contributed by atoms with Crippen molar-refractivity contribution in [2.75, 3.05) is 0 Å². The number of nitrogens with one attached hydrogen (secondary N) is 1. The Kier molecular flexibility index (Phi) is 4.38. The molecule has 0 aliphatic heterocycles. The average Bonchev–Trinajstić information content (AvgIpc) is 3.25. The number of carbonyl (C=O) groups excluding carboxylic acids is 1. The molecule has 0 atom stereocenters. The number of aromatic nitrogens is 4. The van der Waals surface area contributed by atoms with Crippen molar-refractivity contribution in [3.63, 3.8) is 0 Å². The van der Waals surface area contributed by atoms with Crippen molar-refractivity contribution in [2.45, 2.75) is 6.54 Å². The minimum Gasteiger partial charge on any atom is -0.504 e. The van der Waals surface area contributed by atoms with E-state index < -0.39 is 5.91 Å². The topological polar surface area (TPSA) is 159 Å². The van der Waals surface area contributed by atoms with Crippen LogP contribution in [0.4, 0.5) is 0 Å². The summed E-state index contributed by atoms with van der Waals surface area (Å²) in [5.74, 6) is -0.137. The number of nitrogens with zero attached hydrogens (tertiary/aromatic N) is 6. The second-order valence-corrected chi connectivity index (χ2v) is 6.44. The van der Waals surface area contributed by atoms with Crippen molar-refractivity contribution in [3.8, 4) is 28.5 Å². The third-order valence-corrected chi connectivity index (χ3v) is 4.56. The molecule has 0 spiro atoms. The van der Waals surface area contributed by atoms with Gasteiger partial charge in [-0.15, -0.1) is 0 Å². The maximum atomic E-state index is 11.4. The quantitative estimate of drug-likeness (QED) is 0.272. The summed E-state index contributed by atoms with van der Waals surface area (Å²) < 4.78 is 1.53. The number of aryl methyl sites for hydroxylation is 1. The summed E-state index contributed by atoms with van der Waals surface area (Å²) in [6, 6.07) is 12.1. The molecule has 2 aromatic heterocycles. The maximum Gasteiger partial charge on any atom is 0.248 e. The molecule has 2 aromatic carbocycles. The number of aromatic amines is 1. The molecule has 29 heavy (non-hydrogen) atoms. The van der Waals surface area contributed by atoms with Gasteiger partial charge < -0.3 is 15.8 Å². The highest BCUT2D eigenvalue weighted by Gasteiger charge is 2.21. The number of hydrogen-bond donors (Lipinski definition) is 3. The fourth-order valence-corrected chi connectivity index (χ4v) is 3.13. The number of nitrogens with two attached hydrogens (primary N) is 1. The highest BCUT2D eigenvalue weighted by atomic mass is 16.3. The Balaban J connectivity index is 1.74. The Hall–Kier alpha value is -4.30.